The van der Waals surface area contributed by atoms with Gasteiger partial charge in [-0.05, 0) is 48.5 Å². The molecule has 2 atom stereocenters. The monoisotopic (exact) mass is 384 g/mol. The Balaban J connectivity index is 2.18. The molecule has 0 saturated heterocycles. The number of carbonyl (C=O) groups excluding carboxylic acids is 2. The summed E-state index contributed by atoms with van der Waals surface area (Å²) in [7, 11) is 0. The maximum Gasteiger partial charge on any atom is 0.219 e. The number of carbonyl (C=O) groups is 2. The molecule has 0 radical (unpaired) electrons. The number of rotatable bonds is 6. The fourth-order valence-electron chi connectivity index (χ4n) is 1.95. The number of nitriles is 2. The van der Waals surface area contributed by atoms with Gasteiger partial charge in [0.25, 0.3) is 0 Å². The van der Waals surface area contributed by atoms with E-state index in [4.69, 9.17) is 33.7 Å². The number of benzene rings is 2. The molecule has 0 heterocycles. The Labute approximate surface area is 159 Å². The van der Waals surface area contributed by atoms with Gasteiger partial charge in [0.1, 0.15) is 0 Å². The van der Waals surface area contributed by atoms with Gasteiger partial charge < -0.3 is 0 Å². The largest absolute Gasteiger partial charge is 0.290 e. The second-order valence-corrected chi connectivity index (χ2v) is 5.91. The van der Waals surface area contributed by atoms with Gasteiger partial charge >= 0.3 is 0 Å². The number of hydrogen-bond donors (Lipinski definition) is 0. The molecule has 0 aliphatic heterocycles. The van der Waals surface area contributed by atoms with Crippen LogP contribution >= 0.6 is 23.2 Å². The quantitative estimate of drug-likeness (QED) is 0.546. The van der Waals surface area contributed by atoms with Crippen LogP contribution in [0, 0.1) is 22.7 Å². The second-order valence-electron chi connectivity index (χ2n) is 5.04. The summed E-state index contributed by atoms with van der Waals surface area (Å²) in [4.78, 5) is 24.5. The van der Waals surface area contributed by atoms with Crippen LogP contribution in [-0.2, 0) is 0 Å². The van der Waals surface area contributed by atoms with E-state index in [9.17, 15) is 9.59 Å². The molecule has 0 aliphatic rings. The zero-order valence-corrected chi connectivity index (χ0v) is 14.6. The Hall–Kier alpha value is -3.06. The lowest BCUT2D eigenvalue weighted by Gasteiger charge is -2.05. The molecular weight excluding hydrogens is 375 g/mol. The van der Waals surface area contributed by atoms with Crippen molar-refractivity contribution >= 4 is 34.8 Å². The third-order valence-electron chi connectivity index (χ3n) is 3.30. The standard InChI is InChI=1S/C18H10Cl2N4O2/c19-13-5-1-11(2-6-13)17(25)15(9-21)23-24-16(10-22)18(26)12-3-7-14(20)8-4-12/h1-8,15-16H. The minimum Gasteiger partial charge on any atom is -0.290 e. The minimum atomic E-state index is -1.47. The summed E-state index contributed by atoms with van der Waals surface area (Å²) in [6.07, 6.45) is 0. The molecule has 0 amide bonds. The van der Waals surface area contributed by atoms with E-state index in [0.717, 1.165) is 0 Å². The SMILES string of the molecule is N#CC(N=NC(C#N)C(=O)c1ccc(Cl)cc1)C(=O)c1ccc(Cl)cc1. The molecule has 0 saturated carbocycles. The van der Waals surface area contributed by atoms with E-state index in [1.165, 1.54) is 48.5 Å². The Bertz CT molecular complexity index is 848. The lowest BCUT2D eigenvalue weighted by Crippen LogP contribution is -2.20. The van der Waals surface area contributed by atoms with Crippen LogP contribution in [0.15, 0.2) is 58.8 Å². The Morgan fingerprint density at radius 3 is 1.31 bits per heavy atom. The number of azo groups is 1. The van der Waals surface area contributed by atoms with Crippen molar-refractivity contribution < 1.29 is 9.59 Å². The van der Waals surface area contributed by atoms with Crippen molar-refractivity contribution in [1.82, 2.24) is 0 Å². The highest BCUT2D eigenvalue weighted by molar-refractivity contribution is 6.31. The number of nitrogens with zero attached hydrogens (tertiary/aromatic N) is 4. The van der Waals surface area contributed by atoms with Crippen LogP contribution in [0.4, 0.5) is 0 Å². The first-order chi connectivity index (χ1) is 12.5. The summed E-state index contributed by atoms with van der Waals surface area (Å²) in [6, 6.07) is 12.3. The predicted octanol–water partition coefficient (Wildman–Crippen LogP) is 4.30. The molecule has 8 heteroatoms. The summed E-state index contributed by atoms with van der Waals surface area (Å²) in [5, 5.41) is 26.4. The molecule has 6 nitrogen and oxygen atoms in total. The number of hydrogen-bond acceptors (Lipinski definition) is 6. The summed E-state index contributed by atoms with van der Waals surface area (Å²) in [5.74, 6) is -1.22. The third kappa shape index (κ3) is 4.73. The van der Waals surface area contributed by atoms with Crippen LogP contribution < -0.4 is 0 Å². The van der Waals surface area contributed by atoms with Crippen molar-refractivity contribution in [1.29, 1.82) is 10.5 Å². The first-order valence-corrected chi connectivity index (χ1v) is 8.00. The molecule has 2 rings (SSSR count). The van der Waals surface area contributed by atoms with E-state index in [1.807, 2.05) is 0 Å². The van der Waals surface area contributed by atoms with Crippen LogP contribution in [0.25, 0.3) is 0 Å². The number of halogens is 2. The summed E-state index contributed by atoms with van der Waals surface area (Å²) in [6.45, 7) is 0. The Morgan fingerprint density at radius 1 is 0.731 bits per heavy atom. The first kappa shape index (κ1) is 19.3. The van der Waals surface area contributed by atoms with Gasteiger partial charge in [0, 0.05) is 21.2 Å². The maximum atomic E-state index is 12.3. The molecule has 0 fully saturated rings. The zero-order valence-electron chi connectivity index (χ0n) is 13.1. The van der Waals surface area contributed by atoms with Crippen molar-refractivity contribution in [3.05, 3.63) is 69.7 Å². The van der Waals surface area contributed by atoms with Crippen molar-refractivity contribution in [3.63, 3.8) is 0 Å². The maximum absolute atomic E-state index is 12.3. The highest BCUT2D eigenvalue weighted by atomic mass is 35.5. The lowest BCUT2D eigenvalue weighted by molar-refractivity contribution is 0.0959. The average Bonchev–Trinajstić information content (AvgIpc) is 2.65. The van der Waals surface area contributed by atoms with E-state index in [0.29, 0.717) is 10.0 Å². The fraction of sp³-hybridized carbons (Fsp3) is 0.111. The molecule has 0 aromatic heterocycles. The van der Waals surface area contributed by atoms with Crippen molar-refractivity contribution in [2.45, 2.75) is 12.1 Å². The number of Topliss-reactive ketones (excluding diaryl/α,β-unsaturated/α-hetero) is 2. The van der Waals surface area contributed by atoms with Gasteiger partial charge in [-0.1, -0.05) is 23.2 Å². The zero-order chi connectivity index (χ0) is 19.1. The fourth-order valence-corrected chi connectivity index (χ4v) is 2.20. The van der Waals surface area contributed by atoms with Gasteiger partial charge in [0.05, 0.1) is 12.1 Å². The van der Waals surface area contributed by atoms with Gasteiger partial charge in [-0.2, -0.15) is 20.8 Å². The highest BCUT2D eigenvalue weighted by Crippen LogP contribution is 2.15. The molecule has 0 N–H and O–H groups in total. The van der Waals surface area contributed by atoms with Crippen LogP contribution in [0.2, 0.25) is 10.0 Å². The second kappa shape index (κ2) is 8.87. The van der Waals surface area contributed by atoms with Crippen molar-refractivity contribution in [3.8, 4) is 12.1 Å². The third-order valence-corrected chi connectivity index (χ3v) is 3.80. The lowest BCUT2D eigenvalue weighted by atomic mass is 10.1. The molecule has 2 unspecified atom stereocenters. The minimum absolute atomic E-state index is 0.220. The Morgan fingerprint density at radius 2 is 1.04 bits per heavy atom. The molecule has 2 aromatic carbocycles. The smallest absolute Gasteiger partial charge is 0.219 e. The first-order valence-electron chi connectivity index (χ1n) is 7.25. The van der Waals surface area contributed by atoms with E-state index >= 15 is 0 Å². The van der Waals surface area contributed by atoms with Crippen LogP contribution in [0.5, 0.6) is 0 Å². The van der Waals surface area contributed by atoms with Gasteiger partial charge in [-0.15, -0.1) is 0 Å². The van der Waals surface area contributed by atoms with E-state index in [2.05, 4.69) is 10.2 Å². The van der Waals surface area contributed by atoms with Crippen molar-refractivity contribution in [2.24, 2.45) is 10.2 Å². The predicted molar refractivity (Wildman–Crippen MR) is 95.2 cm³/mol. The van der Waals surface area contributed by atoms with Crippen LogP contribution in [0.1, 0.15) is 20.7 Å². The van der Waals surface area contributed by atoms with Gasteiger partial charge in [-0.25, -0.2) is 0 Å². The highest BCUT2D eigenvalue weighted by Gasteiger charge is 2.23. The molecule has 128 valence electrons. The van der Waals surface area contributed by atoms with Gasteiger partial charge in [-0.3, -0.25) is 9.59 Å². The molecule has 0 aliphatic carbocycles. The van der Waals surface area contributed by atoms with Crippen LogP contribution in [0.3, 0.4) is 0 Å². The topological polar surface area (TPSA) is 106 Å². The summed E-state index contributed by atoms with van der Waals surface area (Å²) in [5.41, 5.74) is 0.440. The molecular formula is C18H10Cl2N4O2. The van der Waals surface area contributed by atoms with Gasteiger partial charge in [0.15, 0.2) is 0 Å². The number of ketones is 2. The Kier molecular flexibility index (Phi) is 6.57. The summed E-state index contributed by atoms with van der Waals surface area (Å²) >= 11 is 11.5. The summed E-state index contributed by atoms with van der Waals surface area (Å²) < 4.78 is 0. The van der Waals surface area contributed by atoms with E-state index in [-0.39, 0.29) is 11.1 Å². The molecule has 0 spiro atoms. The van der Waals surface area contributed by atoms with Crippen molar-refractivity contribution in [2.75, 3.05) is 0 Å². The normalized spacial score (nSPS) is 12.8. The molecule has 0 bridgehead atoms. The molecule has 2 aromatic rings. The van der Waals surface area contributed by atoms with Gasteiger partial charge in [0.2, 0.25) is 23.7 Å². The van der Waals surface area contributed by atoms with Crippen LogP contribution in [-0.4, -0.2) is 23.7 Å². The average molecular weight is 385 g/mol. The van der Waals surface area contributed by atoms with E-state index < -0.39 is 23.7 Å². The van der Waals surface area contributed by atoms with E-state index in [1.54, 1.807) is 12.1 Å². The molecule has 26 heavy (non-hydrogen) atoms.